The highest BCUT2D eigenvalue weighted by Crippen LogP contribution is 1.97. The summed E-state index contributed by atoms with van der Waals surface area (Å²) in [6.45, 7) is 0.586. The number of halogens is 1. The molecule has 0 aliphatic carbocycles. The van der Waals surface area contributed by atoms with Crippen LogP contribution in [0.2, 0.25) is 0 Å². The van der Waals surface area contributed by atoms with E-state index in [1.165, 1.54) is 5.56 Å². The molecule has 6 heteroatoms. The Balaban J connectivity index is 0.00000225. The lowest BCUT2D eigenvalue weighted by Gasteiger charge is -2.07. The van der Waals surface area contributed by atoms with Crippen molar-refractivity contribution in [2.75, 3.05) is 6.54 Å². The molecule has 0 heterocycles. The van der Waals surface area contributed by atoms with Crippen LogP contribution < -0.4 is 16.4 Å². The Kier molecular flexibility index (Phi) is 6.71. The van der Waals surface area contributed by atoms with Gasteiger partial charge < -0.3 is 11.1 Å². The van der Waals surface area contributed by atoms with Crippen molar-refractivity contribution in [3.8, 4) is 0 Å². The van der Waals surface area contributed by atoms with Gasteiger partial charge in [-0.1, -0.05) is 30.3 Å². The number of hydrogen-bond acceptors (Lipinski definition) is 2. The van der Waals surface area contributed by atoms with E-state index in [4.69, 9.17) is 11.1 Å². The van der Waals surface area contributed by atoms with Crippen LogP contribution in [0, 0.1) is 5.41 Å². The number of hydrogen-bond donors (Lipinski definition) is 4. The molecule has 0 spiro atoms. The van der Waals surface area contributed by atoms with Gasteiger partial charge in [-0.05, 0) is 12.0 Å². The summed E-state index contributed by atoms with van der Waals surface area (Å²) < 4.78 is 0. The van der Waals surface area contributed by atoms with Crippen LogP contribution in [0.4, 0.5) is 4.79 Å². The van der Waals surface area contributed by atoms with E-state index in [0.29, 0.717) is 6.54 Å². The van der Waals surface area contributed by atoms with Crippen molar-refractivity contribution >= 4 is 24.4 Å². The summed E-state index contributed by atoms with van der Waals surface area (Å²) in [4.78, 5) is 10.4. The van der Waals surface area contributed by atoms with Crippen molar-refractivity contribution in [3.05, 3.63) is 35.9 Å². The number of nitrogens with two attached hydrogens (primary N) is 1. The molecular weight excluding hydrogens is 228 g/mol. The highest BCUT2D eigenvalue weighted by Gasteiger charge is 1.97. The Labute approximate surface area is 100 Å². The number of carbonyl (C=O) groups excluding carboxylic acids is 1. The summed E-state index contributed by atoms with van der Waals surface area (Å²) in [5.74, 6) is -0.0709. The first-order valence-corrected chi connectivity index (χ1v) is 4.61. The number of nitrogens with one attached hydrogen (secondary N) is 3. The number of amides is 2. The summed E-state index contributed by atoms with van der Waals surface area (Å²) in [6.07, 6.45) is 0.795. The van der Waals surface area contributed by atoms with Gasteiger partial charge in [-0.3, -0.25) is 10.7 Å². The van der Waals surface area contributed by atoms with E-state index in [2.05, 4.69) is 10.6 Å². The van der Waals surface area contributed by atoms with Crippen LogP contribution in [0.3, 0.4) is 0 Å². The van der Waals surface area contributed by atoms with E-state index in [-0.39, 0.29) is 18.4 Å². The lowest BCUT2D eigenvalue weighted by atomic mass is 10.1. The third-order valence-electron chi connectivity index (χ3n) is 1.81. The van der Waals surface area contributed by atoms with Crippen molar-refractivity contribution in [3.63, 3.8) is 0 Å². The molecule has 5 N–H and O–H groups in total. The molecule has 2 amide bonds. The minimum Gasteiger partial charge on any atom is -0.356 e. The molecule has 0 saturated carbocycles. The van der Waals surface area contributed by atoms with Crippen LogP contribution in [-0.2, 0) is 6.42 Å². The largest absolute Gasteiger partial charge is 0.356 e. The molecule has 88 valence electrons. The minimum absolute atomic E-state index is 0. The summed E-state index contributed by atoms with van der Waals surface area (Å²) >= 11 is 0. The molecule has 0 bridgehead atoms. The van der Waals surface area contributed by atoms with Gasteiger partial charge in [0.05, 0.1) is 0 Å². The fraction of sp³-hybridized carbons (Fsp3) is 0.200. The predicted octanol–water partition coefficient (Wildman–Crippen LogP) is 0.844. The first kappa shape index (κ1) is 14.2. The van der Waals surface area contributed by atoms with Crippen LogP contribution >= 0.6 is 12.4 Å². The third kappa shape index (κ3) is 5.87. The Morgan fingerprint density at radius 1 is 1.31 bits per heavy atom. The summed E-state index contributed by atoms with van der Waals surface area (Å²) in [6, 6.07) is 9.16. The summed E-state index contributed by atoms with van der Waals surface area (Å²) in [5.41, 5.74) is 6.02. The van der Waals surface area contributed by atoms with Crippen molar-refractivity contribution < 1.29 is 4.79 Å². The quantitative estimate of drug-likeness (QED) is 0.467. The Morgan fingerprint density at radius 3 is 2.50 bits per heavy atom. The number of primary amides is 1. The molecule has 0 fully saturated rings. The summed E-state index contributed by atoms with van der Waals surface area (Å²) in [5, 5.41) is 12.1. The topological polar surface area (TPSA) is 91.0 Å². The molecule has 5 nitrogen and oxygen atoms in total. The van der Waals surface area contributed by atoms with Crippen LogP contribution in [0.1, 0.15) is 5.56 Å². The molecule has 1 aromatic carbocycles. The second-order valence-corrected chi connectivity index (χ2v) is 3.03. The van der Waals surface area contributed by atoms with Crippen LogP contribution in [0.15, 0.2) is 30.3 Å². The fourth-order valence-corrected chi connectivity index (χ4v) is 1.14. The monoisotopic (exact) mass is 242 g/mol. The highest BCUT2D eigenvalue weighted by atomic mass is 35.5. The number of urea groups is 1. The van der Waals surface area contributed by atoms with Gasteiger partial charge in [0, 0.05) is 6.54 Å². The molecule has 1 rings (SSSR count). The molecule has 0 aliphatic rings. The van der Waals surface area contributed by atoms with Gasteiger partial charge in [-0.15, -0.1) is 12.4 Å². The van der Waals surface area contributed by atoms with Gasteiger partial charge in [0.15, 0.2) is 5.96 Å². The smallest absolute Gasteiger partial charge is 0.318 e. The van der Waals surface area contributed by atoms with Gasteiger partial charge in [-0.25, -0.2) is 4.79 Å². The van der Waals surface area contributed by atoms with Crippen molar-refractivity contribution in [2.24, 2.45) is 5.73 Å². The summed E-state index contributed by atoms with van der Waals surface area (Å²) in [7, 11) is 0. The van der Waals surface area contributed by atoms with Gasteiger partial charge in [0.25, 0.3) is 0 Å². The van der Waals surface area contributed by atoms with E-state index < -0.39 is 6.03 Å². The van der Waals surface area contributed by atoms with E-state index in [1.807, 2.05) is 30.3 Å². The fourth-order valence-electron chi connectivity index (χ4n) is 1.14. The van der Waals surface area contributed by atoms with Crippen molar-refractivity contribution in [1.29, 1.82) is 5.41 Å². The SMILES string of the molecule is Cl.N=C(NCCc1ccccc1)NC(N)=O. The Bertz CT molecular complexity index is 342. The first-order chi connectivity index (χ1) is 7.18. The molecule has 0 atom stereocenters. The van der Waals surface area contributed by atoms with E-state index in [9.17, 15) is 4.79 Å². The van der Waals surface area contributed by atoms with Crippen LogP contribution in [0.5, 0.6) is 0 Å². The second-order valence-electron chi connectivity index (χ2n) is 3.03. The highest BCUT2D eigenvalue weighted by molar-refractivity contribution is 5.93. The van der Waals surface area contributed by atoms with E-state index in [0.717, 1.165) is 6.42 Å². The Hall–Kier alpha value is -1.75. The van der Waals surface area contributed by atoms with Gasteiger partial charge in [0.2, 0.25) is 0 Å². The maximum absolute atomic E-state index is 10.4. The number of rotatable bonds is 3. The molecular formula is C10H15ClN4O. The molecule has 0 radical (unpaired) electrons. The zero-order valence-electron chi connectivity index (χ0n) is 8.69. The Morgan fingerprint density at radius 2 is 1.94 bits per heavy atom. The molecule has 1 aromatic rings. The van der Waals surface area contributed by atoms with Crippen molar-refractivity contribution in [2.45, 2.75) is 6.42 Å². The molecule has 0 aliphatic heterocycles. The van der Waals surface area contributed by atoms with Gasteiger partial charge >= 0.3 is 6.03 Å². The lowest BCUT2D eigenvalue weighted by Crippen LogP contribution is -2.43. The predicted molar refractivity (Wildman–Crippen MR) is 65.8 cm³/mol. The first-order valence-electron chi connectivity index (χ1n) is 4.61. The second kappa shape index (κ2) is 7.53. The maximum atomic E-state index is 10.4. The zero-order chi connectivity index (χ0) is 11.1. The maximum Gasteiger partial charge on any atom is 0.318 e. The third-order valence-corrected chi connectivity index (χ3v) is 1.81. The van der Waals surface area contributed by atoms with E-state index in [1.54, 1.807) is 0 Å². The number of benzene rings is 1. The van der Waals surface area contributed by atoms with Crippen molar-refractivity contribution in [1.82, 2.24) is 10.6 Å². The average molecular weight is 243 g/mol. The number of guanidine groups is 1. The zero-order valence-corrected chi connectivity index (χ0v) is 9.51. The number of carbonyl (C=O) groups is 1. The average Bonchev–Trinajstić information content (AvgIpc) is 2.18. The molecule has 0 unspecified atom stereocenters. The van der Waals surface area contributed by atoms with Crippen LogP contribution in [0.25, 0.3) is 0 Å². The lowest BCUT2D eigenvalue weighted by molar-refractivity contribution is 0.253. The molecule has 16 heavy (non-hydrogen) atoms. The van der Waals surface area contributed by atoms with Gasteiger partial charge in [0.1, 0.15) is 0 Å². The molecule has 0 saturated heterocycles. The molecule has 0 aromatic heterocycles. The minimum atomic E-state index is -0.729. The standard InChI is InChI=1S/C10H14N4O.ClH/c11-9(14-10(12)15)13-7-6-8-4-2-1-3-5-8;/h1-5H,6-7H2,(H5,11,12,13,14,15);1H. The normalized spacial score (nSPS) is 8.75. The van der Waals surface area contributed by atoms with Crippen LogP contribution in [-0.4, -0.2) is 18.5 Å². The van der Waals surface area contributed by atoms with Gasteiger partial charge in [-0.2, -0.15) is 0 Å². The van der Waals surface area contributed by atoms with E-state index >= 15 is 0 Å².